The maximum atomic E-state index is 6.00. The van der Waals surface area contributed by atoms with Crippen molar-refractivity contribution in [3.63, 3.8) is 0 Å². The zero-order valence-corrected chi connectivity index (χ0v) is 12.3. The van der Waals surface area contributed by atoms with Crippen LogP contribution in [0.1, 0.15) is 29.8 Å². The van der Waals surface area contributed by atoms with Crippen LogP contribution >= 0.6 is 11.3 Å². The van der Waals surface area contributed by atoms with Crippen molar-refractivity contribution in [1.29, 1.82) is 0 Å². The number of nitrogens with two attached hydrogens (primary N) is 2. The molecular formula is C13H20N6S. The van der Waals surface area contributed by atoms with Crippen LogP contribution in [0.25, 0.3) is 6.08 Å². The van der Waals surface area contributed by atoms with Gasteiger partial charge in [0.2, 0.25) is 5.13 Å². The average Bonchev–Trinajstić information content (AvgIpc) is 3.05. The van der Waals surface area contributed by atoms with Crippen LogP contribution in [-0.4, -0.2) is 22.2 Å². The number of aromatic amines is 1. The first-order valence-corrected chi connectivity index (χ1v) is 7.39. The van der Waals surface area contributed by atoms with Gasteiger partial charge < -0.3 is 21.8 Å². The monoisotopic (exact) mass is 292 g/mol. The van der Waals surface area contributed by atoms with Gasteiger partial charge >= 0.3 is 0 Å². The van der Waals surface area contributed by atoms with Crippen LogP contribution in [0.2, 0.25) is 0 Å². The molecule has 0 saturated carbocycles. The van der Waals surface area contributed by atoms with Crippen molar-refractivity contribution < 1.29 is 0 Å². The minimum absolute atomic E-state index is 0.654. The molecule has 2 aromatic rings. The molecular weight excluding hydrogens is 272 g/mol. The first kappa shape index (κ1) is 14.4. The number of H-pyrrole nitrogens is 1. The zero-order chi connectivity index (χ0) is 14.4. The van der Waals surface area contributed by atoms with Crippen LogP contribution < -0.4 is 16.8 Å². The van der Waals surface area contributed by atoms with Gasteiger partial charge in [0.15, 0.2) is 0 Å². The van der Waals surface area contributed by atoms with Gasteiger partial charge in [-0.2, -0.15) is 0 Å². The largest absolute Gasteiger partial charge is 0.402 e. The van der Waals surface area contributed by atoms with Crippen molar-refractivity contribution in [1.82, 2.24) is 15.2 Å². The van der Waals surface area contributed by atoms with Gasteiger partial charge in [-0.1, -0.05) is 11.3 Å². The second-order valence-electron chi connectivity index (χ2n) is 4.52. The number of allylic oxidation sites excluding steroid dienone is 1. The molecule has 20 heavy (non-hydrogen) atoms. The van der Waals surface area contributed by atoms with E-state index >= 15 is 0 Å². The first-order chi connectivity index (χ1) is 9.69. The van der Waals surface area contributed by atoms with Crippen LogP contribution in [-0.2, 0) is 6.42 Å². The number of nitrogen functional groups attached to an aromatic ring is 1. The molecule has 2 rings (SSSR count). The Balaban J connectivity index is 1.73. The number of hydrogen-bond donors (Lipinski definition) is 4. The molecule has 0 aliphatic rings. The molecule has 0 aliphatic carbocycles. The third-order valence-corrected chi connectivity index (χ3v) is 3.94. The number of rotatable bonds is 7. The maximum Gasteiger partial charge on any atom is 0.205 e. The van der Waals surface area contributed by atoms with E-state index in [2.05, 4.69) is 20.5 Å². The summed E-state index contributed by atoms with van der Waals surface area (Å²) in [6, 6.07) is 1.92. The summed E-state index contributed by atoms with van der Waals surface area (Å²) in [6.07, 6.45) is 7.62. The highest BCUT2D eigenvalue weighted by atomic mass is 32.1. The third kappa shape index (κ3) is 3.99. The quantitative estimate of drug-likeness (QED) is 0.585. The topological polar surface area (TPSA) is 106 Å². The molecule has 0 bridgehead atoms. The molecule has 0 amide bonds. The molecule has 0 fully saturated rings. The summed E-state index contributed by atoms with van der Waals surface area (Å²) in [7, 11) is 1.85. The molecule has 0 saturated heterocycles. The minimum Gasteiger partial charge on any atom is -0.402 e. The van der Waals surface area contributed by atoms with E-state index in [1.807, 2.05) is 25.4 Å². The Bertz CT molecular complexity index is 571. The molecule has 0 atom stereocenters. The van der Waals surface area contributed by atoms with Crippen molar-refractivity contribution in [3.8, 4) is 0 Å². The van der Waals surface area contributed by atoms with Gasteiger partial charge in [-0.15, -0.1) is 10.2 Å². The Hall–Kier alpha value is -2.02. The summed E-state index contributed by atoms with van der Waals surface area (Å²) in [6.45, 7) is 0. The van der Waals surface area contributed by atoms with Gasteiger partial charge in [-0.25, -0.2) is 0 Å². The molecule has 0 spiro atoms. The van der Waals surface area contributed by atoms with Crippen molar-refractivity contribution >= 4 is 28.4 Å². The van der Waals surface area contributed by atoms with Crippen molar-refractivity contribution in [2.75, 3.05) is 18.1 Å². The number of aromatic nitrogens is 3. The Kier molecular flexibility index (Phi) is 5.00. The molecule has 2 heterocycles. The number of nitrogens with one attached hydrogen (secondary N) is 2. The van der Waals surface area contributed by atoms with E-state index in [-0.39, 0.29) is 0 Å². The lowest BCUT2D eigenvalue weighted by Crippen LogP contribution is -1.98. The number of hydrogen-bond acceptors (Lipinski definition) is 6. The Morgan fingerprint density at radius 2 is 2.30 bits per heavy atom. The summed E-state index contributed by atoms with van der Waals surface area (Å²) in [5.41, 5.74) is 13.6. The van der Waals surface area contributed by atoms with E-state index in [1.165, 1.54) is 0 Å². The molecule has 7 heteroatoms. The van der Waals surface area contributed by atoms with Gasteiger partial charge in [0, 0.05) is 30.9 Å². The van der Waals surface area contributed by atoms with Gasteiger partial charge in [0.1, 0.15) is 10.8 Å². The van der Waals surface area contributed by atoms with Crippen molar-refractivity contribution in [2.45, 2.75) is 25.7 Å². The summed E-state index contributed by atoms with van der Waals surface area (Å²) in [4.78, 5) is 2.93. The maximum absolute atomic E-state index is 6.00. The smallest absolute Gasteiger partial charge is 0.205 e. The number of anilines is 2. The fourth-order valence-corrected chi connectivity index (χ4v) is 2.59. The van der Waals surface area contributed by atoms with Crippen LogP contribution in [0.15, 0.2) is 18.0 Å². The van der Waals surface area contributed by atoms with E-state index in [4.69, 9.17) is 11.5 Å². The van der Waals surface area contributed by atoms with Crippen molar-refractivity contribution in [2.24, 2.45) is 5.73 Å². The Labute approximate surface area is 122 Å². The van der Waals surface area contributed by atoms with Crippen LogP contribution in [0.4, 0.5) is 10.9 Å². The minimum atomic E-state index is 0.654. The highest BCUT2D eigenvalue weighted by Crippen LogP contribution is 2.18. The summed E-state index contributed by atoms with van der Waals surface area (Å²) >= 11 is 1.60. The van der Waals surface area contributed by atoms with Crippen molar-refractivity contribution in [3.05, 3.63) is 28.5 Å². The predicted molar refractivity (Wildman–Crippen MR) is 84.4 cm³/mol. The van der Waals surface area contributed by atoms with Crippen LogP contribution in [0, 0.1) is 0 Å². The summed E-state index contributed by atoms with van der Waals surface area (Å²) in [5, 5.41) is 13.0. The van der Waals surface area contributed by atoms with Gasteiger partial charge in [-0.05, 0) is 31.4 Å². The molecule has 0 aromatic carbocycles. The number of aryl methyl sites for hydroxylation is 1. The molecule has 6 N–H and O–H groups in total. The van der Waals surface area contributed by atoms with Crippen LogP contribution in [0.3, 0.4) is 0 Å². The molecule has 6 nitrogen and oxygen atoms in total. The molecule has 0 aliphatic heterocycles. The second kappa shape index (κ2) is 6.95. The van der Waals surface area contributed by atoms with E-state index in [9.17, 15) is 0 Å². The second-order valence-corrected chi connectivity index (χ2v) is 5.59. The number of unbranched alkanes of at least 4 members (excludes halogenated alkanes) is 1. The standard InChI is InChI=1S/C13H20N6S/c1-16-13-19-18-11(20-13)5-3-2-4-10(14)8-9-6-7-17-12(9)15/h6-8,17H,2-5,14-15H2,1H3,(H,16,19)/b10-8-. The third-order valence-electron chi connectivity index (χ3n) is 2.94. The predicted octanol–water partition coefficient (Wildman–Crippen LogP) is 2.20. The average molecular weight is 292 g/mol. The fraction of sp³-hybridized carbons (Fsp3) is 0.385. The summed E-state index contributed by atoms with van der Waals surface area (Å²) in [5.74, 6) is 0.654. The van der Waals surface area contributed by atoms with Crippen LogP contribution in [0.5, 0.6) is 0 Å². The van der Waals surface area contributed by atoms with Gasteiger partial charge in [-0.3, -0.25) is 0 Å². The first-order valence-electron chi connectivity index (χ1n) is 6.58. The normalized spacial score (nSPS) is 11.8. The molecule has 108 valence electrons. The number of nitrogens with zero attached hydrogens (tertiary/aromatic N) is 2. The van der Waals surface area contributed by atoms with E-state index in [1.54, 1.807) is 11.3 Å². The van der Waals surface area contributed by atoms with E-state index < -0.39 is 0 Å². The zero-order valence-electron chi connectivity index (χ0n) is 11.5. The Morgan fingerprint density at radius 3 is 2.95 bits per heavy atom. The van der Waals surface area contributed by atoms with E-state index in [0.717, 1.165) is 47.1 Å². The SMILES string of the molecule is CNc1nnc(CCCC/C(N)=C/c2cc[nH]c2N)s1. The highest BCUT2D eigenvalue weighted by Gasteiger charge is 2.03. The fourth-order valence-electron chi connectivity index (χ4n) is 1.85. The summed E-state index contributed by atoms with van der Waals surface area (Å²) < 4.78 is 0. The van der Waals surface area contributed by atoms with Gasteiger partial charge in [0.25, 0.3) is 0 Å². The lowest BCUT2D eigenvalue weighted by Gasteiger charge is -2.01. The highest BCUT2D eigenvalue weighted by molar-refractivity contribution is 7.15. The Morgan fingerprint density at radius 1 is 1.45 bits per heavy atom. The lowest BCUT2D eigenvalue weighted by atomic mass is 10.1. The lowest BCUT2D eigenvalue weighted by molar-refractivity contribution is 0.720. The molecule has 0 unspecified atom stereocenters. The van der Waals surface area contributed by atoms with E-state index in [0.29, 0.717) is 5.82 Å². The van der Waals surface area contributed by atoms with Gasteiger partial charge in [0.05, 0.1) is 0 Å². The molecule has 2 aromatic heterocycles. The molecule has 0 radical (unpaired) electrons.